The number of nitrogens with one attached hydrogen (secondary N) is 2. The standard InChI is InChI=1S/C14H18N4O2S/c1-2-4-11-6-8-12(9-7-11)18-21(19,20)14-13(17-15)5-3-10-16-14/h3,5-10,17-18H,2,4,15H2,1H3. The molecule has 0 amide bonds. The quantitative estimate of drug-likeness (QED) is 0.561. The average Bonchev–Trinajstić information content (AvgIpc) is 2.49. The Hall–Kier alpha value is -2.12. The van der Waals surface area contributed by atoms with E-state index in [9.17, 15) is 8.42 Å². The van der Waals surface area contributed by atoms with E-state index in [4.69, 9.17) is 5.84 Å². The van der Waals surface area contributed by atoms with Crippen LogP contribution in [0.15, 0.2) is 47.6 Å². The molecule has 0 unspecified atom stereocenters. The minimum atomic E-state index is -3.78. The maximum atomic E-state index is 12.3. The molecule has 0 atom stereocenters. The molecule has 0 radical (unpaired) electrons. The first-order valence-corrected chi connectivity index (χ1v) is 8.08. The first kappa shape index (κ1) is 15.3. The summed E-state index contributed by atoms with van der Waals surface area (Å²) in [4.78, 5) is 3.87. The second-order valence-electron chi connectivity index (χ2n) is 4.55. The van der Waals surface area contributed by atoms with Crippen molar-refractivity contribution in [2.45, 2.75) is 24.8 Å². The normalized spacial score (nSPS) is 11.1. The van der Waals surface area contributed by atoms with Crippen molar-refractivity contribution in [3.05, 3.63) is 48.2 Å². The lowest BCUT2D eigenvalue weighted by atomic mass is 10.1. The van der Waals surface area contributed by atoms with Gasteiger partial charge in [0.05, 0.1) is 5.69 Å². The summed E-state index contributed by atoms with van der Waals surface area (Å²) >= 11 is 0. The van der Waals surface area contributed by atoms with Gasteiger partial charge in [-0.15, -0.1) is 0 Å². The van der Waals surface area contributed by atoms with Gasteiger partial charge in [-0.1, -0.05) is 25.5 Å². The Labute approximate surface area is 124 Å². The molecule has 0 aliphatic heterocycles. The summed E-state index contributed by atoms with van der Waals surface area (Å²) in [5, 5.41) is -0.134. The SMILES string of the molecule is CCCc1ccc(NS(=O)(=O)c2ncccc2NN)cc1. The number of hydrogen-bond donors (Lipinski definition) is 3. The number of benzene rings is 1. The van der Waals surface area contributed by atoms with Gasteiger partial charge >= 0.3 is 0 Å². The Balaban J connectivity index is 2.24. The van der Waals surface area contributed by atoms with Gasteiger partial charge in [0.15, 0.2) is 0 Å². The number of anilines is 2. The topological polar surface area (TPSA) is 97.1 Å². The monoisotopic (exact) mass is 306 g/mol. The molecule has 0 bridgehead atoms. The van der Waals surface area contributed by atoms with Crippen LogP contribution in [0, 0.1) is 0 Å². The van der Waals surface area contributed by atoms with Crippen LogP contribution in [0.5, 0.6) is 0 Å². The van der Waals surface area contributed by atoms with Gasteiger partial charge in [0.2, 0.25) is 5.03 Å². The maximum Gasteiger partial charge on any atom is 0.281 e. The summed E-state index contributed by atoms with van der Waals surface area (Å²) in [6.45, 7) is 2.10. The van der Waals surface area contributed by atoms with Crippen molar-refractivity contribution in [2.75, 3.05) is 10.1 Å². The fourth-order valence-electron chi connectivity index (χ4n) is 1.95. The third-order valence-electron chi connectivity index (χ3n) is 2.93. The van der Waals surface area contributed by atoms with Gasteiger partial charge in [-0.2, -0.15) is 8.42 Å². The summed E-state index contributed by atoms with van der Waals surface area (Å²) < 4.78 is 27.1. The molecular formula is C14H18N4O2S. The molecular weight excluding hydrogens is 288 g/mol. The van der Waals surface area contributed by atoms with Crippen LogP contribution in [0.4, 0.5) is 11.4 Å². The third-order valence-corrected chi connectivity index (χ3v) is 4.26. The molecule has 2 rings (SSSR count). The Kier molecular flexibility index (Phi) is 4.77. The summed E-state index contributed by atoms with van der Waals surface area (Å²) in [5.74, 6) is 5.31. The molecule has 21 heavy (non-hydrogen) atoms. The number of aryl methyl sites for hydroxylation is 1. The number of hydrazine groups is 1. The molecule has 0 fully saturated rings. The molecule has 0 saturated heterocycles. The van der Waals surface area contributed by atoms with E-state index in [0.717, 1.165) is 12.8 Å². The number of hydrogen-bond acceptors (Lipinski definition) is 5. The molecule has 2 aromatic rings. The Morgan fingerprint density at radius 2 is 1.90 bits per heavy atom. The fourth-order valence-corrected chi connectivity index (χ4v) is 3.11. The van der Waals surface area contributed by atoms with Gasteiger partial charge in [-0.05, 0) is 36.2 Å². The molecule has 1 heterocycles. The van der Waals surface area contributed by atoms with E-state index in [2.05, 4.69) is 22.1 Å². The number of aromatic nitrogens is 1. The molecule has 4 N–H and O–H groups in total. The Morgan fingerprint density at radius 3 is 2.52 bits per heavy atom. The highest BCUT2D eigenvalue weighted by atomic mass is 32.2. The third kappa shape index (κ3) is 3.71. The molecule has 0 aliphatic carbocycles. The van der Waals surface area contributed by atoms with Gasteiger partial charge in [-0.25, -0.2) is 4.98 Å². The van der Waals surface area contributed by atoms with E-state index in [0.29, 0.717) is 5.69 Å². The summed E-state index contributed by atoms with van der Waals surface area (Å²) in [5.41, 5.74) is 4.23. The highest BCUT2D eigenvalue weighted by Gasteiger charge is 2.19. The zero-order valence-corrected chi connectivity index (χ0v) is 12.5. The minimum absolute atomic E-state index is 0.134. The highest BCUT2D eigenvalue weighted by Crippen LogP contribution is 2.21. The van der Waals surface area contributed by atoms with E-state index < -0.39 is 10.0 Å². The molecule has 7 heteroatoms. The van der Waals surface area contributed by atoms with E-state index in [1.165, 1.54) is 11.8 Å². The number of rotatable bonds is 6. The molecule has 0 aliphatic rings. The Morgan fingerprint density at radius 1 is 1.19 bits per heavy atom. The minimum Gasteiger partial charge on any atom is -0.321 e. The van der Waals surface area contributed by atoms with Crippen LogP contribution in [0.25, 0.3) is 0 Å². The van der Waals surface area contributed by atoms with Crippen molar-refractivity contribution in [3.63, 3.8) is 0 Å². The van der Waals surface area contributed by atoms with Gasteiger partial charge in [0.1, 0.15) is 0 Å². The molecule has 0 spiro atoms. The van der Waals surface area contributed by atoms with E-state index in [-0.39, 0.29) is 10.7 Å². The van der Waals surface area contributed by atoms with Crippen molar-refractivity contribution in [1.29, 1.82) is 0 Å². The van der Waals surface area contributed by atoms with Crippen molar-refractivity contribution in [3.8, 4) is 0 Å². The highest BCUT2D eigenvalue weighted by molar-refractivity contribution is 7.92. The van der Waals surface area contributed by atoms with Crippen LogP contribution < -0.4 is 16.0 Å². The van der Waals surface area contributed by atoms with Crippen LogP contribution >= 0.6 is 0 Å². The zero-order chi connectivity index (χ0) is 15.3. The number of nitrogen functional groups attached to an aromatic ring is 1. The molecule has 1 aromatic carbocycles. The number of pyridine rings is 1. The predicted molar refractivity (Wildman–Crippen MR) is 83.3 cm³/mol. The van der Waals surface area contributed by atoms with Crippen LogP contribution in [0.2, 0.25) is 0 Å². The first-order valence-electron chi connectivity index (χ1n) is 6.60. The lowest BCUT2D eigenvalue weighted by Gasteiger charge is -2.11. The van der Waals surface area contributed by atoms with Crippen molar-refractivity contribution < 1.29 is 8.42 Å². The second-order valence-corrected chi connectivity index (χ2v) is 6.15. The van der Waals surface area contributed by atoms with Crippen LogP contribution in [0.3, 0.4) is 0 Å². The summed E-state index contributed by atoms with van der Waals surface area (Å²) in [7, 11) is -3.78. The molecule has 6 nitrogen and oxygen atoms in total. The van der Waals surface area contributed by atoms with Gasteiger partial charge < -0.3 is 5.43 Å². The molecule has 1 aromatic heterocycles. The average molecular weight is 306 g/mol. The van der Waals surface area contributed by atoms with Crippen molar-refractivity contribution >= 4 is 21.4 Å². The predicted octanol–water partition coefficient (Wildman–Crippen LogP) is 2.12. The second kappa shape index (κ2) is 6.55. The fraction of sp³-hybridized carbons (Fsp3) is 0.214. The van der Waals surface area contributed by atoms with Crippen molar-refractivity contribution in [1.82, 2.24) is 4.98 Å². The molecule has 0 saturated carbocycles. The van der Waals surface area contributed by atoms with Gasteiger partial charge in [0.25, 0.3) is 10.0 Å². The van der Waals surface area contributed by atoms with E-state index in [1.807, 2.05) is 12.1 Å². The van der Waals surface area contributed by atoms with Crippen LogP contribution in [-0.4, -0.2) is 13.4 Å². The van der Waals surface area contributed by atoms with E-state index in [1.54, 1.807) is 24.3 Å². The lowest BCUT2D eigenvalue weighted by Crippen LogP contribution is -2.18. The van der Waals surface area contributed by atoms with Gasteiger partial charge in [0, 0.05) is 11.9 Å². The molecule has 112 valence electrons. The zero-order valence-electron chi connectivity index (χ0n) is 11.7. The largest absolute Gasteiger partial charge is 0.321 e. The number of sulfonamides is 1. The summed E-state index contributed by atoms with van der Waals surface area (Å²) in [6.07, 6.45) is 3.42. The lowest BCUT2D eigenvalue weighted by molar-refractivity contribution is 0.598. The smallest absolute Gasteiger partial charge is 0.281 e. The number of nitrogens with two attached hydrogens (primary N) is 1. The summed E-state index contributed by atoms with van der Waals surface area (Å²) in [6, 6.07) is 10.4. The van der Waals surface area contributed by atoms with Gasteiger partial charge in [-0.3, -0.25) is 10.6 Å². The van der Waals surface area contributed by atoms with Crippen LogP contribution in [-0.2, 0) is 16.4 Å². The number of nitrogens with zero attached hydrogens (tertiary/aromatic N) is 1. The first-order chi connectivity index (χ1) is 10.1. The van der Waals surface area contributed by atoms with Crippen LogP contribution in [0.1, 0.15) is 18.9 Å². The van der Waals surface area contributed by atoms with Crippen molar-refractivity contribution in [2.24, 2.45) is 5.84 Å². The maximum absolute atomic E-state index is 12.3. The van der Waals surface area contributed by atoms with E-state index >= 15 is 0 Å². The Bertz CT molecular complexity index is 699.